The summed E-state index contributed by atoms with van der Waals surface area (Å²) in [6.45, 7) is 2.78. The van der Waals surface area contributed by atoms with Crippen molar-refractivity contribution in [2.75, 3.05) is 13.1 Å². The minimum absolute atomic E-state index is 0.00694. The highest BCUT2D eigenvalue weighted by molar-refractivity contribution is 7.10. The Hall–Kier alpha value is -1.60. The van der Waals surface area contributed by atoms with Gasteiger partial charge in [0.2, 0.25) is 0 Å². The van der Waals surface area contributed by atoms with Gasteiger partial charge in [-0.15, -0.1) is 11.3 Å². The van der Waals surface area contributed by atoms with Crippen LogP contribution >= 0.6 is 11.3 Å². The number of hydrogen-bond acceptors (Lipinski definition) is 4. The summed E-state index contributed by atoms with van der Waals surface area (Å²) in [6.07, 6.45) is -0.576. The first-order valence-corrected chi connectivity index (χ1v) is 7.40. The standard InChI is InChI=1S/C13H18N2O4S/c1-8-9-4-7-20-11(9)3-6-15(8)13(19)14-5-2-10(16)12(17)18/h4,7-8,10,16H,2-3,5-6H2,1H3,(H,14,19)(H,17,18). The Labute approximate surface area is 121 Å². The molecule has 2 amide bonds. The number of aliphatic carboxylic acids is 1. The zero-order valence-electron chi connectivity index (χ0n) is 11.2. The lowest BCUT2D eigenvalue weighted by Crippen LogP contribution is -2.45. The molecule has 1 aliphatic rings. The number of fused-ring (bicyclic) bond motifs is 1. The molecule has 2 unspecified atom stereocenters. The van der Waals surface area contributed by atoms with Crippen molar-refractivity contribution in [1.29, 1.82) is 0 Å². The van der Waals surface area contributed by atoms with Crippen molar-refractivity contribution < 1.29 is 19.8 Å². The number of carboxylic acid groups (broad SMARTS) is 1. The fourth-order valence-electron chi connectivity index (χ4n) is 2.33. The van der Waals surface area contributed by atoms with Crippen molar-refractivity contribution in [3.63, 3.8) is 0 Å². The monoisotopic (exact) mass is 298 g/mol. The average Bonchev–Trinajstić information content (AvgIpc) is 2.87. The molecule has 1 aromatic heterocycles. The summed E-state index contributed by atoms with van der Waals surface area (Å²) in [5, 5.41) is 22.4. The van der Waals surface area contributed by atoms with Gasteiger partial charge >= 0.3 is 12.0 Å². The topological polar surface area (TPSA) is 89.9 Å². The van der Waals surface area contributed by atoms with Crippen LogP contribution < -0.4 is 5.32 Å². The minimum atomic E-state index is -1.43. The highest BCUT2D eigenvalue weighted by Gasteiger charge is 2.28. The quantitative estimate of drug-likeness (QED) is 0.779. The van der Waals surface area contributed by atoms with Gasteiger partial charge in [-0.25, -0.2) is 9.59 Å². The Morgan fingerprint density at radius 2 is 2.35 bits per heavy atom. The van der Waals surface area contributed by atoms with E-state index in [-0.39, 0.29) is 25.0 Å². The maximum absolute atomic E-state index is 12.1. The number of nitrogens with one attached hydrogen (secondary N) is 1. The maximum atomic E-state index is 12.1. The van der Waals surface area contributed by atoms with Crippen LogP contribution in [-0.2, 0) is 11.2 Å². The van der Waals surface area contributed by atoms with E-state index in [0.717, 1.165) is 6.42 Å². The van der Waals surface area contributed by atoms with E-state index in [1.165, 1.54) is 10.4 Å². The molecule has 0 aromatic carbocycles. The number of carbonyl (C=O) groups excluding carboxylic acids is 1. The Kier molecular flexibility index (Phi) is 4.61. The third-order valence-corrected chi connectivity index (χ3v) is 4.51. The Bertz CT molecular complexity index is 502. The lowest BCUT2D eigenvalue weighted by atomic mass is 10.0. The molecule has 2 rings (SSSR count). The predicted octanol–water partition coefficient (Wildman–Crippen LogP) is 1.21. The number of rotatable bonds is 4. The van der Waals surface area contributed by atoms with Gasteiger partial charge in [0.25, 0.3) is 0 Å². The van der Waals surface area contributed by atoms with Gasteiger partial charge < -0.3 is 20.4 Å². The molecule has 6 nitrogen and oxygen atoms in total. The summed E-state index contributed by atoms with van der Waals surface area (Å²) in [6, 6.07) is 1.85. The van der Waals surface area contributed by atoms with Crippen LogP contribution in [-0.4, -0.2) is 46.3 Å². The molecule has 3 N–H and O–H groups in total. The van der Waals surface area contributed by atoms with Gasteiger partial charge in [0.1, 0.15) is 0 Å². The van der Waals surface area contributed by atoms with Crippen molar-refractivity contribution in [3.05, 3.63) is 21.9 Å². The molecule has 7 heteroatoms. The third-order valence-electron chi connectivity index (χ3n) is 3.52. The number of nitrogens with zero attached hydrogens (tertiary/aromatic N) is 1. The fraction of sp³-hybridized carbons (Fsp3) is 0.538. The zero-order valence-corrected chi connectivity index (χ0v) is 12.0. The normalized spacial score (nSPS) is 19.3. The Balaban J connectivity index is 1.86. The maximum Gasteiger partial charge on any atom is 0.332 e. The molecule has 0 bridgehead atoms. The molecule has 0 aliphatic carbocycles. The van der Waals surface area contributed by atoms with E-state index < -0.39 is 12.1 Å². The smallest absolute Gasteiger partial charge is 0.332 e. The molecule has 2 heterocycles. The Morgan fingerprint density at radius 1 is 1.60 bits per heavy atom. The average molecular weight is 298 g/mol. The summed E-state index contributed by atoms with van der Waals surface area (Å²) < 4.78 is 0. The number of amides is 2. The second-order valence-corrected chi connectivity index (χ2v) is 5.79. The van der Waals surface area contributed by atoms with Crippen LogP contribution in [0, 0.1) is 0 Å². The molecule has 0 saturated carbocycles. The van der Waals surface area contributed by atoms with Crippen molar-refractivity contribution in [2.24, 2.45) is 0 Å². The fourth-order valence-corrected chi connectivity index (χ4v) is 3.29. The van der Waals surface area contributed by atoms with Crippen LogP contribution in [0.1, 0.15) is 29.8 Å². The number of carbonyl (C=O) groups is 2. The van der Waals surface area contributed by atoms with Gasteiger partial charge in [0.15, 0.2) is 6.10 Å². The van der Waals surface area contributed by atoms with Gasteiger partial charge in [0, 0.05) is 24.4 Å². The number of aliphatic hydroxyl groups is 1. The molecule has 0 spiro atoms. The van der Waals surface area contributed by atoms with Crippen LogP contribution in [0.15, 0.2) is 11.4 Å². The number of aliphatic hydroxyl groups excluding tert-OH is 1. The minimum Gasteiger partial charge on any atom is -0.479 e. The summed E-state index contributed by atoms with van der Waals surface area (Å²) >= 11 is 1.71. The van der Waals surface area contributed by atoms with E-state index in [0.29, 0.717) is 6.54 Å². The second-order valence-electron chi connectivity index (χ2n) is 4.79. The number of urea groups is 1. The lowest BCUT2D eigenvalue weighted by molar-refractivity contribution is -0.146. The summed E-state index contributed by atoms with van der Waals surface area (Å²) in [5.74, 6) is -1.27. The molecule has 0 saturated heterocycles. The Morgan fingerprint density at radius 3 is 3.05 bits per heavy atom. The molecule has 0 radical (unpaired) electrons. The second kappa shape index (κ2) is 6.23. The summed E-state index contributed by atoms with van der Waals surface area (Å²) in [7, 11) is 0. The van der Waals surface area contributed by atoms with Crippen LogP contribution in [0.25, 0.3) is 0 Å². The summed E-state index contributed by atoms with van der Waals surface area (Å²) in [4.78, 5) is 25.6. The number of carboxylic acids is 1. The molecule has 20 heavy (non-hydrogen) atoms. The van der Waals surface area contributed by atoms with Crippen LogP contribution in [0.4, 0.5) is 4.79 Å². The van der Waals surface area contributed by atoms with Gasteiger partial charge in [-0.2, -0.15) is 0 Å². The first-order chi connectivity index (χ1) is 9.50. The highest BCUT2D eigenvalue weighted by Crippen LogP contribution is 2.32. The number of hydrogen-bond donors (Lipinski definition) is 3. The molecule has 0 fully saturated rings. The van der Waals surface area contributed by atoms with Crippen LogP contribution in [0.5, 0.6) is 0 Å². The van der Waals surface area contributed by atoms with E-state index in [2.05, 4.69) is 5.32 Å². The molecular formula is C13H18N2O4S. The molecule has 2 atom stereocenters. The van der Waals surface area contributed by atoms with Crippen LogP contribution in [0.2, 0.25) is 0 Å². The van der Waals surface area contributed by atoms with Gasteiger partial charge in [-0.1, -0.05) is 0 Å². The van der Waals surface area contributed by atoms with Crippen molar-refractivity contribution >= 4 is 23.3 Å². The van der Waals surface area contributed by atoms with Crippen LogP contribution in [0.3, 0.4) is 0 Å². The van der Waals surface area contributed by atoms with Crippen molar-refractivity contribution in [1.82, 2.24) is 10.2 Å². The predicted molar refractivity (Wildman–Crippen MR) is 74.8 cm³/mol. The van der Waals surface area contributed by atoms with Gasteiger partial charge in [-0.3, -0.25) is 0 Å². The summed E-state index contributed by atoms with van der Waals surface area (Å²) in [5.41, 5.74) is 1.18. The van der Waals surface area contributed by atoms with Gasteiger partial charge in [-0.05, 0) is 30.4 Å². The molecular weight excluding hydrogens is 280 g/mol. The van der Waals surface area contributed by atoms with E-state index in [1.54, 1.807) is 16.2 Å². The SMILES string of the molecule is CC1c2ccsc2CCN1C(=O)NCCC(O)C(=O)O. The first-order valence-electron chi connectivity index (χ1n) is 6.52. The largest absolute Gasteiger partial charge is 0.479 e. The van der Waals surface area contributed by atoms with Crippen molar-refractivity contribution in [3.8, 4) is 0 Å². The number of thiophene rings is 1. The highest BCUT2D eigenvalue weighted by atomic mass is 32.1. The van der Waals surface area contributed by atoms with E-state index in [9.17, 15) is 9.59 Å². The third kappa shape index (κ3) is 3.10. The molecule has 1 aliphatic heterocycles. The lowest BCUT2D eigenvalue weighted by Gasteiger charge is -2.33. The zero-order chi connectivity index (χ0) is 14.7. The van der Waals surface area contributed by atoms with Gasteiger partial charge in [0.05, 0.1) is 6.04 Å². The van der Waals surface area contributed by atoms with E-state index in [4.69, 9.17) is 10.2 Å². The first kappa shape index (κ1) is 14.8. The van der Waals surface area contributed by atoms with E-state index in [1.807, 2.05) is 18.4 Å². The van der Waals surface area contributed by atoms with E-state index >= 15 is 0 Å². The molecule has 1 aromatic rings. The molecule has 110 valence electrons. The van der Waals surface area contributed by atoms with Crippen molar-refractivity contribution in [2.45, 2.75) is 31.9 Å².